The fraction of sp³-hybridized carbons (Fsp3) is 0.188. The molecule has 1 unspecified atom stereocenters. The third-order valence-corrected chi connectivity index (χ3v) is 3.07. The van der Waals surface area contributed by atoms with Crippen LogP contribution in [0.25, 0.3) is 0 Å². The molecule has 0 bridgehead atoms. The van der Waals surface area contributed by atoms with Crippen molar-refractivity contribution in [1.29, 1.82) is 5.26 Å². The van der Waals surface area contributed by atoms with Gasteiger partial charge in [-0.2, -0.15) is 5.26 Å². The topological polar surface area (TPSA) is 23.8 Å². The van der Waals surface area contributed by atoms with Gasteiger partial charge in [-0.15, -0.1) is 0 Å². The van der Waals surface area contributed by atoms with Gasteiger partial charge in [0.2, 0.25) is 0 Å². The summed E-state index contributed by atoms with van der Waals surface area (Å²) >= 11 is 0. The van der Waals surface area contributed by atoms with E-state index in [1.165, 1.54) is 12.1 Å². The van der Waals surface area contributed by atoms with Crippen LogP contribution in [0.1, 0.15) is 22.6 Å². The van der Waals surface area contributed by atoms with Gasteiger partial charge in [-0.1, -0.05) is 36.4 Å². The molecule has 1 atom stereocenters. The maximum atomic E-state index is 12.8. The van der Waals surface area contributed by atoms with E-state index in [1.54, 1.807) is 12.1 Å². The molecule has 0 fully saturated rings. The molecule has 18 heavy (non-hydrogen) atoms. The largest absolute Gasteiger partial charge is 0.207 e. The molecular weight excluding hydrogens is 225 g/mol. The van der Waals surface area contributed by atoms with Crippen LogP contribution in [-0.4, -0.2) is 0 Å². The highest BCUT2D eigenvalue weighted by molar-refractivity contribution is 5.34. The Kier molecular flexibility index (Phi) is 3.74. The van der Waals surface area contributed by atoms with Crippen LogP contribution < -0.4 is 0 Å². The molecular formula is C16H14FN. The van der Waals surface area contributed by atoms with Crippen LogP contribution in [0.15, 0.2) is 48.5 Å². The average molecular weight is 239 g/mol. The normalized spacial score (nSPS) is 11.8. The zero-order valence-electron chi connectivity index (χ0n) is 10.2. The lowest BCUT2D eigenvalue weighted by atomic mass is 9.90. The predicted octanol–water partition coefficient (Wildman–Crippen LogP) is 3.98. The number of nitriles is 1. The van der Waals surface area contributed by atoms with Gasteiger partial charge in [-0.25, -0.2) is 4.39 Å². The summed E-state index contributed by atoms with van der Waals surface area (Å²) in [6.45, 7) is 2.00. The highest BCUT2D eigenvalue weighted by Gasteiger charge is 2.13. The highest BCUT2D eigenvalue weighted by atomic mass is 19.1. The number of hydrogen-bond acceptors (Lipinski definition) is 1. The van der Waals surface area contributed by atoms with Crippen LogP contribution in [0.5, 0.6) is 0 Å². The van der Waals surface area contributed by atoms with Gasteiger partial charge in [0, 0.05) is 0 Å². The Morgan fingerprint density at radius 3 is 2.39 bits per heavy atom. The number of benzene rings is 2. The van der Waals surface area contributed by atoms with Crippen molar-refractivity contribution in [1.82, 2.24) is 0 Å². The molecule has 0 aromatic heterocycles. The van der Waals surface area contributed by atoms with E-state index in [1.807, 2.05) is 31.2 Å². The van der Waals surface area contributed by atoms with E-state index in [9.17, 15) is 9.65 Å². The fourth-order valence-electron chi connectivity index (χ4n) is 2.06. The Balaban J connectivity index is 2.23. The van der Waals surface area contributed by atoms with Gasteiger partial charge in [0.25, 0.3) is 0 Å². The Hall–Kier alpha value is -2.14. The van der Waals surface area contributed by atoms with Gasteiger partial charge in [-0.05, 0) is 42.2 Å². The monoisotopic (exact) mass is 239 g/mol. The van der Waals surface area contributed by atoms with Gasteiger partial charge >= 0.3 is 0 Å². The van der Waals surface area contributed by atoms with E-state index in [4.69, 9.17) is 0 Å². The van der Waals surface area contributed by atoms with Crippen LogP contribution in [0.4, 0.5) is 4.39 Å². The van der Waals surface area contributed by atoms with E-state index >= 15 is 0 Å². The molecule has 2 aromatic carbocycles. The Labute approximate surface area is 107 Å². The van der Waals surface area contributed by atoms with Crippen molar-refractivity contribution in [2.24, 2.45) is 0 Å². The van der Waals surface area contributed by atoms with E-state index in [0.29, 0.717) is 6.42 Å². The molecule has 0 saturated carbocycles. The summed E-state index contributed by atoms with van der Waals surface area (Å²) in [7, 11) is 0. The van der Waals surface area contributed by atoms with Crippen molar-refractivity contribution >= 4 is 0 Å². The van der Waals surface area contributed by atoms with E-state index in [0.717, 1.165) is 16.7 Å². The summed E-state index contributed by atoms with van der Waals surface area (Å²) < 4.78 is 12.8. The fourth-order valence-corrected chi connectivity index (χ4v) is 2.06. The second-order valence-electron chi connectivity index (χ2n) is 4.37. The molecule has 0 radical (unpaired) electrons. The van der Waals surface area contributed by atoms with Crippen molar-refractivity contribution < 1.29 is 4.39 Å². The first-order chi connectivity index (χ1) is 8.70. The van der Waals surface area contributed by atoms with Crippen molar-refractivity contribution in [3.05, 3.63) is 71.0 Å². The maximum absolute atomic E-state index is 12.8. The second kappa shape index (κ2) is 5.46. The minimum Gasteiger partial charge on any atom is -0.207 e. The van der Waals surface area contributed by atoms with E-state index in [-0.39, 0.29) is 11.7 Å². The zero-order chi connectivity index (χ0) is 13.0. The maximum Gasteiger partial charge on any atom is 0.123 e. The van der Waals surface area contributed by atoms with Gasteiger partial charge in [0.15, 0.2) is 0 Å². The first-order valence-electron chi connectivity index (χ1n) is 5.90. The minimum absolute atomic E-state index is 0.184. The first-order valence-corrected chi connectivity index (χ1v) is 5.90. The summed E-state index contributed by atoms with van der Waals surface area (Å²) in [6, 6.07) is 16.5. The van der Waals surface area contributed by atoms with E-state index < -0.39 is 0 Å². The highest BCUT2D eigenvalue weighted by Crippen LogP contribution is 2.23. The molecule has 0 heterocycles. The van der Waals surface area contributed by atoms with Gasteiger partial charge in [0.1, 0.15) is 5.82 Å². The lowest BCUT2D eigenvalue weighted by Crippen LogP contribution is -2.02. The van der Waals surface area contributed by atoms with Gasteiger partial charge in [0.05, 0.1) is 12.0 Å². The number of rotatable bonds is 3. The number of halogens is 1. The molecule has 2 heteroatoms. The molecule has 0 amide bonds. The quantitative estimate of drug-likeness (QED) is 0.794. The Bertz CT molecular complexity index is 566. The Morgan fingerprint density at radius 2 is 1.78 bits per heavy atom. The minimum atomic E-state index is -0.247. The first kappa shape index (κ1) is 12.3. The summed E-state index contributed by atoms with van der Waals surface area (Å²) in [5, 5.41) is 9.30. The lowest BCUT2D eigenvalue weighted by Gasteiger charge is -2.12. The van der Waals surface area contributed by atoms with Crippen LogP contribution in [0.2, 0.25) is 0 Å². The van der Waals surface area contributed by atoms with Crippen molar-refractivity contribution in [3.63, 3.8) is 0 Å². The van der Waals surface area contributed by atoms with Crippen LogP contribution in [0, 0.1) is 24.1 Å². The lowest BCUT2D eigenvalue weighted by molar-refractivity contribution is 0.626. The molecule has 0 spiro atoms. The number of nitrogens with zero attached hydrogens (tertiary/aromatic N) is 1. The van der Waals surface area contributed by atoms with Gasteiger partial charge in [-0.3, -0.25) is 0 Å². The van der Waals surface area contributed by atoms with E-state index in [2.05, 4.69) is 6.07 Å². The molecule has 2 aromatic rings. The van der Waals surface area contributed by atoms with Crippen molar-refractivity contribution in [2.75, 3.05) is 0 Å². The molecule has 0 aliphatic rings. The number of hydrogen-bond donors (Lipinski definition) is 0. The molecule has 0 aliphatic heterocycles. The van der Waals surface area contributed by atoms with Crippen LogP contribution in [-0.2, 0) is 6.42 Å². The predicted molar refractivity (Wildman–Crippen MR) is 69.6 cm³/mol. The summed E-state index contributed by atoms with van der Waals surface area (Å²) in [5.41, 5.74) is 3.14. The van der Waals surface area contributed by atoms with Crippen LogP contribution in [0.3, 0.4) is 0 Å². The van der Waals surface area contributed by atoms with Crippen molar-refractivity contribution in [2.45, 2.75) is 19.3 Å². The molecule has 90 valence electrons. The number of aryl methyl sites for hydroxylation is 1. The molecule has 1 nitrogen and oxygen atoms in total. The molecule has 0 aliphatic carbocycles. The average Bonchev–Trinajstić information content (AvgIpc) is 2.39. The van der Waals surface area contributed by atoms with Gasteiger partial charge < -0.3 is 0 Å². The SMILES string of the molecule is Cc1ccccc1C(C#N)Cc1ccc(F)cc1. The molecule has 0 saturated heterocycles. The smallest absolute Gasteiger partial charge is 0.123 e. The third kappa shape index (κ3) is 2.75. The summed E-state index contributed by atoms with van der Waals surface area (Å²) in [5.74, 6) is -0.431. The molecule has 2 rings (SSSR count). The molecule has 0 N–H and O–H groups in total. The Morgan fingerprint density at radius 1 is 1.11 bits per heavy atom. The summed E-state index contributed by atoms with van der Waals surface area (Å²) in [4.78, 5) is 0. The third-order valence-electron chi connectivity index (χ3n) is 3.07. The summed E-state index contributed by atoms with van der Waals surface area (Å²) in [6.07, 6.45) is 0.613. The standard InChI is InChI=1S/C16H14FN/c1-12-4-2-3-5-16(12)14(11-18)10-13-6-8-15(17)9-7-13/h2-9,14H,10H2,1H3. The van der Waals surface area contributed by atoms with Crippen LogP contribution >= 0.6 is 0 Å². The second-order valence-corrected chi connectivity index (χ2v) is 4.37. The van der Waals surface area contributed by atoms with Crippen molar-refractivity contribution in [3.8, 4) is 6.07 Å². The zero-order valence-corrected chi connectivity index (χ0v) is 10.2.